The number of anilines is 1. The Kier molecular flexibility index (Phi) is 4.19. The second kappa shape index (κ2) is 6.14. The van der Waals surface area contributed by atoms with E-state index in [9.17, 15) is 9.90 Å². The highest BCUT2D eigenvalue weighted by Crippen LogP contribution is 2.37. The lowest BCUT2D eigenvalue weighted by atomic mass is 9.84. The Morgan fingerprint density at radius 2 is 1.87 bits per heavy atom. The highest BCUT2D eigenvalue weighted by Gasteiger charge is 2.35. The number of hydrogen-bond donors (Lipinski definition) is 2. The average Bonchev–Trinajstić information content (AvgIpc) is 2.56. The van der Waals surface area contributed by atoms with Crippen molar-refractivity contribution < 1.29 is 9.90 Å². The molecule has 0 radical (unpaired) electrons. The van der Waals surface area contributed by atoms with E-state index < -0.39 is 11.5 Å². The summed E-state index contributed by atoms with van der Waals surface area (Å²) in [4.78, 5) is 13.0. The van der Waals surface area contributed by atoms with Crippen molar-refractivity contribution in [1.29, 1.82) is 0 Å². The third-order valence-corrected chi connectivity index (χ3v) is 4.52. The van der Waals surface area contributed by atoms with Gasteiger partial charge >= 0.3 is 0 Å². The molecular weight excluding hydrogens is 316 g/mol. The van der Waals surface area contributed by atoms with Crippen LogP contribution in [0.5, 0.6) is 0 Å². The Hall–Kier alpha value is -2.18. The number of primary amides is 1. The van der Waals surface area contributed by atoms with Gasteiger partial charge in [-0.2, -0.15) is 0 Å². The molecule has 1 saturated heterocycles. The number of amides is 1. The van der Waals surface area contributed by atoms with Crippen molar-refractivity contribution in [3.05, 3.63) is 52.7 Å². The predicted molar refractivity (Wildman–Crippen MR) is 87.3 cm³/mol. The molecule has 0 unspecified atom stereocenters. The molecule has 0 atom stereocenters. The van der Waals surface area contributed by atoms with E-state index >= 15 is 0 Å². The summed E-state index contributed by atoms with van der Waals surface area (Å²) in [6.45, 7) is 1.23. The number of hydrogen-bond acceptors (Lipinski definition) is 5. The van der Waals surface area contributed by atoms with Crippen molar-refractivity contribution in [2.24, 2.45) is 5.73 Å². The molecule has 3 rings (SSSR count). The molecule has 2 heterocycles. The summed E-state index contributed by atoms with van der Waals surface area (Å²) in [6.07, 6.45) is 1.08. The Balaban J connectivity index is 1.73. The monoisotopic (exact) mass is 332 g/mol. The SMILES string of the molecule is NC(=O)c1ccc(N2CCC(O)(c3ccccc3Cl)CC2)nn1. The molecule has 0 saturated carbocycles. The van der Waals surface area contributed by atoms with Crippen LogP contribution in [0.25, 0.3) is 0 Å². The molecule has 0 bridgehead atoms. The molecule has 2 aromatic rings. The largest absolute Gasteiger partial charge is 0.385 e. The summed E-state index contributed by atoms with van der Waals surface area (Å²) >= 11 is 6.21. The first-order valence-electron chi connectivity index (χ1n) is 7.35. The van der Waals surface area contributed by atoms with E-state index in [0.29, 0.717) is 36.8 Å². The summed E-state index contributed by atoms with van der Waals surface area (Å²) in [5, 5.41) is 19.3. The molecule has 1 amide bonds. The molecule has 7 heteroatoms. The van der Waals surface area contributed by atoms with Crippen LogP contribution >= 0.6 is 11.6 Å². The molecule has 1 aromatic heterocycles. The van der Waals surface area contributed by atoms with Crippen LogP contribution in [0.2, 0.25) is 5.02 Å². The van der Waals surface area contributed by atoms with Gasteiger partial charge in [0.1, 0.15) is 0 Å². The maximum absolute atomic E-state index is 11.0. The number of nitrogens with zero attached hydrogens (tertiary/aromatic N) is 3. The standard InChI is InChI=1S/C16H17ClN4O2/c17-12-4-2-1-3-11(12)16(23)7-9-21(10-8-16)14-6-5-13(15(18)22)19-20-14/h1-6,23H,7-10H2,(H2,18,22). The zero-order chi connectivity index (χ0) is 16.4. The minimum Gasteiger partial charge on any atom is -0.385 e. The van der Waals surface area contributed by atoms with Crippen molar-refractivity contribution >= 4 is 23.3 Å². The number of piperidine rings is 1. The lowest BCUT2D eigenvalue weighted by Crippen LogP contribution is -2.43. The smallest absolute Gasteiger partial charge is 0.269 e. The normalized spacial score (nSPS) is 17.0. The third kappa shape index (κ3) is 3.13. The van der Waals surface area contributed by atoms with E-state index in [-0.39, 0.29) is 5.69 Å². The minimum atomic E-state index is -0.935. The number of carbonyl (C=O) groups is 1. The van der Waals surface area contributed by atoms with Gasteiger partial charge in [0.05, 0.1) is 5.60 Å². The van der Waals surface area contributed by atoms with E-state index in [1.807, 2.05) is 23.1 Å². The maximum atomic E-state index is 11.0. The first-order chi connectivity index (χ1) is 11.0. The van der Waals surface area contributed by atoms with Crippen LogP contribution < -0.4 is 10.6 Å². The molecule has 1 fully saturated rings. The van der Waals surface area contributed by atoms with Gasteiger partial charge in [0.25, 0.3) is 5.91 Å². The summed E-state index contributed by atoms with van der Waals surface area (Å²) in [5.41, 5.74) is 5.12. The molecule has 0 aliphatic carbocycles. The van der Waals surface area contributed by atoms with Crippen molar-refractivity contribution in [1.82, 2.24) is 10.2 Å². The summed E-state index contributed by atoms with van der Waals surface area (Å²) in [5.74, 6) is 0.0620. The molecule has 0 spiro atoms. The predicted octanol–water partition coefficient (Wildman–Crippen LogP) is 1.72. The molecule has 6 nitrogen and oxygen atoms in total. The van der Waals surface area contributed by atoms with Crippen molar-refractivity contribution in [3.63, 3.8) is 0 Å². The molecule has 1 aromatic carbocycles. The fourth-order valence-electron chi connectivity index (χ4n) is 2.84. The van der Waals surface area contributed by atoms with Gasteiger partial charge in [0.15, 0.2) is 11.5 Å². The molecular formula is C16H17ClN4O2. The number of rotatable bonds is 3. The van der Waals surface area contributed by atoms with E-state index in [4.69, 9.17) is 17.3 Å². The lowest BCUT2D eigenvalue weighted by Gasteiger charge is -2.39. The van der Waals surface area contributed by atoms with Crippen LogP contribution in [-0.2, 0) is 5.60 Å². The Bertz CT molecular complexity index is 712. The highest BCUT2D eigenvalue weighted by molar-refractivity contribution is 6.31. The van der Waals surface area contributed by atoms with Crippen LogP contribution in [0.1, 0.15) is 28.9 Å². The van der Waals surface area contributed by atoms with Gasteiger partial charge in [-0.1, -0.05) is 29.8 Å². The topological polar surface area (TPSA) is 92.3 Å². The number of carbonyl (C=O) groups excluding carboxylic acids is 1. The fraction of sp³-hybridized carbons (Fsp3) is 0.312. The number of benzene rings is 1. The highest BCUT2D eigenvalue weighted by atomic mass is 35.5. The van der Waals surface area contributed by atoms with Gasteiger partial charge in [-0.15, -0.1) is 10.2 Å². The Morgan fingerprint density at radius 1 is 1.17 bits per heavy atom. The Labute approximate surface area is 138 Å². The van der Waals surface area contributed by atoms with Gasteiger partial charge in [-0.25, -0.2) is 0 Å². The van der Waals surface area contributed by atoms with Gasteiger partial charge < -0.3 is 15.7 Å². The minimum absolute atomic E-state index is 0.137. The van der Waals surface area contributed by atoms with Crippen LogP contribution in [-0.4, -0.2) is 34.3 Å². The number of halogens is 1. The fourth-order valence-corrected chi connectivity index (χ4v) is 3.15. The maximum Gasteiger partial charge on any atom is 0.269 e. The Morgan fingerprint density at radius 3 is 2.43 bits per heavy atom. The zero-order valence-corrected chi connectivity index (χ0v) is 13.2. The third-order valence-electron chi connectivity index (χ3n) is 4.19. The van der Waals surface area contributed by atoms with Crippen molar-refractivity contribution in [3.8, 4) is 0 Å². The van der Waals surface area contributed by atoms with Gasteiger partial charge in [-0.05, 0) is 31.0 Å². The first-order valence-corrected chi connectivity index (χ1v) is 7.73. The van der Waals surface area contributed by atoms with E-state index in [2.05, 4.69) is 10.2 Å². The van der Waals surface area contributed by atoms with E-state index in [1.165, 1.54) is 0 Å². The van der Waals surface area contributed by atoms with E-state index in [0.717, 1.165) is 5.56 Å². The summed E-state index contributed by atoms with van der Waals surface area (Å²) in [6, 6.07) is 10.6. The van der Waals surface area contributed by atoms with Crippen LogP contribution in [0.3, 0.4) is 0 Å². The van der Waals surface area contributed by atoms with Crippen LogP contribution in [0.4, 0.5) is 5.82 Å². The molecule has 1 aliphatic heterocycles. The second-order valence-corrected chi connectivity index (χ2v) is 6.05. The zero-order valence-electron chi connectivity index (χ0n) is 12.4. The van der Waals surface area contributed by atoms with E-state index in [1.54, 1.807) is 18.2 Å². The lowest BCUT2D eigenvalue weighted by molar-refractivity contribution is 0.0117. The van der Waals surface area contributed by atoms with Crippen molar-refractivity contribution in [2.75, 3.05) is 18.0 Å². The average molecular weight is 333 g/mol. The van der Waals surface area contributed by atoms with Crippen molar-refractivity contribution in [2.45, 2.75) is 18.4 Å². The van der Waals surface area contributed by atoms with Crippen LogP contribution in [0.15, 0.2) is 36.4 Å². The van der Waals surface area contributed by atoms with Gasteiger partial charge in [-0.3, -0.25) is 4.79 Å². The summed E-state index contributed by atoms with van der Waals surface area (Å²) < 4.78 is 0. The quantitative estimate of drug-likeness (QED) is 0.892. The number of nitrogens with two attached hydrogens (primary N) is 1. The molecule has 3 N–H and O–H groups in total. The number of aromatic nitrogens is 2. The first kappa shape index (κ1) is 15.7. The van der Waals surface area contributed by atoms with Crippen LogP contribution in [0, 0.1) is 0 Å². The van der Waals surface area contributed by atoms with Gasteiger partial charge in [0, 0.05) is 23.7 Å². The van der Waals surface area contributed by atoms with Gasteiger partial charge in [0.2, 0.25) is 0 Å². The second-order valence-electron chi connectivity index (χ2n) is 5.64. The molecule has 23 heavy (non-hydrogen) atoms. The summed E-state index contributed by atoms with van der Waals surface area (Å²) in [7, 11) is 0. The number of aliphatic hydroxyl groups is 1. The molecule has 1 aliphatic rings. The molecule has 120 valence electrons.